The lowest BCUT2D eigenvalue weighted by molar-refractivity contribution is 0.195. The first-order chi connectivity index (χ1) is 9.11. The van der Waals surface area contributed by atoms with Crippen molar-refractivity contribution in [3.8, 4) is 0 Å². The van der Waals surface area contributed by atoms with Crippen LogP contribution in [0.1, 0.15) is 13.3 Å². The second-order valence-electron chi connectivity index (χ2n) is 5.46. The Morgan fingerprint density at radius 1 is 1.26 bits per heavy atom. The number of hydrogen-bond acceptors (Lipinski definition) is 3. The van der Waals surface area contributed by atoms with E-state index < -0.39 is 0 Å². The third kappa shape index (κ3) is 3.71. The highest BCUT2D eigenvalue weighted by Gasteiger charge is 2.29. The number of benzene rings is 1. The first-order valence-electron chi connectivity index (χ1n) is 6.99. The van der Waals surface area contributed by atoms with Crippen molar-refractivity contribution >= 4 is 21.6 Å². The third-order valence-electron chi connectivity index (χ3n) is 4.04. The Balaban J connectivity index is 2.15. The molecule has 4 heteroatoms. The van der Waals surface area contributed by atoms with Crippen LogP contribution in [0.5, 0.6) is 0 Å². The second kappa shape index (κ2) is 6.73. The van der Waals surface area contributed by atoms with Crippen LogP contribution in [0.25, 0.3) is 0 Å². The van der Waals surface area contributed by atoms with E-state index >= 15 is 0 Å². The highest BCUT2D eigenvalue weighted by molar-refractivity contribution is 9.10. The summed E-state index contributed by atoms with van der Waals surface area (Å²) in [5.41, 5.74) is 1.34. The normalized spacial score (nSPS) is 24.7. The lowest BCUT2D eigenvalue weighted by Crippen LogP contribution is -2.56. The van der Waals surface area contributed by atoms with Gasteiger partial charge in [0.1, 0.15) is 0 Å². The molecule has 0 aliphatic carbocycles. The molecule has 0 amide bonds. The molecular formula is C15H24BrN3. The smallest absolute Gasteiger partial charge is 0.0429 e. The lowest BCUT2D eigenvalue weighted by atomic mass is 10.0. The molecule has 2 atom stereocenters. The number of likely N-dealkylation sites (N-methyl/N-ethyl adjacent to an activating group) is 1. The Morgan fingerprint density at radius 3 is 2.58 bits per heavy atom. The fraction of sp³-hybridized carbons (Fsp3) is 0.600. The van der Waals surface area contributed by atoms with Crippen LogP contribution in [0.15, 0.2) is 28.7 Å². The second-order valence-corrected chi connectivity index (χ2v) is 6.38. The van der Waals surface area contributed by atoms with Gasteiger partial charge in [-0.3, -0.25) is 4.90 Å². The SMILES string of the molecule is CNCCC1CN(C)C(C)CN1c1ccc(Br)cc1. The summed E-state index contributed by atoms with van der Waals surface area (Å²) in [6, 6.07) is 9.90. The fourth-order valence-electron chi connectivity index (χ4n) is 2.69. The zero-order valence-electron chi connectivity index (χ0n) is 12.1. The van der Waals surface area contributed by atoms with Gasteiger partial charge in [-0.2, -0.15) is 0 Å². The molecule has 2 rings (SSSR count). The molecule has 2 unspecified atom stereocenters. The topological polar surface area (TPSA) is 18.5 Å². The Hall–Kier alpha value is -0.580. The summed E-state index contributed by atoms with van der Waals surface area (Å²) >= 11 is 3.51. The molecule has 0 aromatic heterocycles. The van der Waals surface area contributed by atoms with Crippen LogP contribution in [0.2, 0.25) is 0 Å². The number of nitrogens with one attached hydrogen (secondary N) is 1. The molecule has 1 aromatic rings. The minimum Gasteiger partial charge on any atom is -0.366 e. The maximum atomic E-state index is 3.51. The van der Waals surface area contributed by atoms with E-state index in [0.717, 1.165) is 24.1 Å². The van der Waals surface area contributed by atoms with Crippen LogP contribution in [-0.2, 0) is 0 Å². The van der Waals surface area contributed by atoms with E-state index in [1.54, 1.807) is 0 Å². The summed E-state index contributed by atoms with van der Waals surface area (Å²) in [6.07, 6.45) is 1.18. The van der Waals surface area contributed by atoms with E-state index in [2.05, 4.69) is 69.3 Å². The van der Waals surface area contributed by atoms with Gasteiger partial charge in [0, 0.05) is 35.3 Å². The zero-order chi connectivity index (χ0) is 13.8. The van der Waals surface area contributed by atoms with Gasteiger partial charge in [-0.1, -0.05) is 15.9 Å². The van der Waals surface area contributed by atoms with Gasteiger partial charge in [0.15, 0.2) is 0 Å². The monoisotopic (exact) mass is 325 g/mol. The van der Waals surface area contributed by atoms with Gasteiger partial charge in [0.05, 0.1) is 0 Å². The minimum atomic E-state index is 0.592. The van der Waals surface area contributed by atoms with E-state index in [9.17, 15) is 0 Å². The van der Waals surface area contributed by atoms with Gasteiger partial charge >= 0.3 is 0 Å². The molecule has 0 bridgehead atoms. The van der Waals surface area contributed by atoms with E-state index in [-0.39, 0.29) is 0 Å². The quantitative estimate of drug-likeness (QED) is 0.917. The van der Waals surface area contributed by atoms with E-state index in [4.69, 9.17) is 0 Å². The van der Waals surface area contributed by atoms with Gasteiger partial charge in [-0.15, -0.1) is 0 Å². The standard InChI is InChI=1S/C15H24BrN3/c1-12-10-19(14-6-4-13(16)5-7-14)15(8-9-17-2)11-18(12)3/h4-7,12,15,17H,8-11H2,1-3H3. The van der Waals surface area contributed by atoms with Crippen molar-refractivity contribution in [1.82, 2.24) is 10.2 Å². The van der Waals surface area contributed by atoms with Crippen LogP contribution in [0.3, 0.4) is 0 Å². The molecule has 3 nitrogen and oxygen atoms in total. The van der Waals surface area contributed by atoms with Gasteiger partial charge in [-0.05, 0) is 58.3 Å². The van der Waals surface area contributed by atoms with Crippen molar-refractivity contribution in [2.24, 2.45) is 0 Å². The number of halogens is 1. The number of piperazine rings is 1. The maximum absolute atomic E-state index is 3.51. The molecule has 0 radical (unpaired) electrons. The predicted octanol–water partition coefficient (Wildman–Crippen LogP) is 2.57. The highest BCUT2D eigenvalue weighted by Crippen LogP contribution is 2.25. The Kier molecular flexibility index (Phi) is 5.25. The maximum Gasteiger partial charge on any atom is 0.0429 e. The number of hydrogen-bond donors (Lipinski definition) is 1. The molecule has 1 N–H and O–H groups in total. The van der Waals surface area contributed by atoms with Gasteiger partial charge in [-0.25, -0.2) is 0 Å². The van der Waals surface area contributed by atoms with Gasteiger partial charge < -0.3 is 10.2 Å². The van der Waals surface area contributed by atoms with E-state index in [0.29, 0.717) is 12.1 Å². The fourth-order valence-corrected chi connectivity index (χ4v) is 2.96. The molecular weight excluding hydrogens is 302 g/mol. The van der Waals surface area contributed by atoms with Crippen molar-refractivity contribution < 1.29 is 0 Å². The average molecular weight is 326 g/mol. The highest BCUT2D eigenvalue weighted by atomic mass is 79.9. The third-order valence-corrected chi connectivity index (χ3v) is 4.57. The Bertz CT molecular complexity index is 393. The van der Waals surface area contributed by atoms with Crippen LogP contribution in [0, 0.1) is 0 Å². The van der Waals surface area contributed by atoms with Crippen LogP contribution in [-0.4, -0.2) is 50.7 Å². The molecule has 1 fully saturated rings. The molecule has 1 aromatic carbocycles. The van der Waals surface area contributed by atoms with Crippen molar-refractivity contribution in [2.75, 3.05) is 38.6 Å². The number of rotatable bonds is 4. The molecule has 0 spiro atoms. The summed E-state index contributed by atoms with van der Waals surface area (Å²) in [5, 5.41) is 3.27. The zero-order valence-corrected chi connectivity index (χ0v) is 13.7. The average Bonchev–Trinajstić information content (AvgIpc) is 2.41. The molecule has 1 aliphatic rings. The molecule has 1 heterocycles. The van der Waals surface area contributed by atoms with Crippen molar-refractivity contribution in [3.63, 3.8) is 0 Å². The van der Waals surface area contributed by atoms with Crippen LogP contribution < -0.4 is 10.2 Å². The Labute approximate surface area is 125 Å². The molecule has 106 valence electrons. The van der Waals surface area contributed by atoms with Crippen molar-refractivity contribution in [3.05, 3.63) is 28.7 Å². The van der Waals surface area contributed by atoms with Crippen molar-refractivity contribution in [1.29, 1.82) is 0 Å². The summed E-state index contributed by atoms with van der Waals surface area (Å²) < 4.78 is 1.14. The first-order valence-corrected chi connectivity index (χ1v) is 7.78. The summed E-state index contributed by atoms with van der Waals surface area (Å²) in [4.78, 5) is 5.03. The molecule has 19 heavy (non-hydrogen) atoms. The summed E-state index contributed by atoms with van der Waals surface area (Å²) in [7, 11) is 4.26. The Morgan fingerprint density at radius 2 is 1.95 bits per heavy atom. The predicted molar refractivity (Wildman–Crippen MR) is 85.9 cm³/mol. The molecule has 1 aliphatic heterocycles. The summed E-state index contributed by atoms with van der Waals surface area (Å²) in [6.45, 7) is 5.62. The van der Waals surface area contributed by atoms with Crippen molar-refractivity contribution in [2.45, 2.75) is 25.4 Å². The van der Waals surface area contributed by atoms with E-state index in [1.165, 1.54) is 12.1 Å². The largest absolute Gasteiger partial charge is 0.366 e. The van der Waals surface area contributed by atoms with Crippen LogP contribution in [0.4, 0.5) is 5.69 Å². The number of anilines is 1. The van der Waals surface area contributed by atoms with Gasteiger partial charge in [0.2, 0.25) is 0 Å². The summed E-state index contributed by atoms with van der Waals surface area (Å²) in [5.74, 6) is 0. The van der Waals surface area contributed by atoms with Crippen LogP contribution >= 0.6 is 15.9 Å². The number of nitrogens with zero attached hydrogens (tertiary/aromatic N) is 2. The van der Waals surface area contributed by atoms with E-state index in [1.807, 2.05) is 7.05 Å². The van der Waals surface area contributed by atoms with Gasteiger partial charge in [0.25, 0.3) is 0 Å². The first kappa shape index (κ1) is 14.8. The molecule has 1 saturated heterocycles. The minimum absolute atomic E-state index is 0.592. The molecule has 0 saturated carbocycles. The lowest BCUT2D eigenvalue weighted by Gasteiger charge is -2.45.